The summed E-state index contributed by atoms with van der Waals surface area (Å²) < 4.78 is 0. The summed E-state index contributed by atoms with van der Waals surface area (Å²) in [5, 5.41) is 7.09. The molecule has 0 aromatic heterocycles. The lowest BCUT2D eigenvalue weighted by atomic mass is 9.95. The Morgan fingerprint density at radius 2 is 1.95 bits per heavy atom. The van der Waals surface area contributed by atoms with Crippen LogP contribution in [0.1, 0.15) is 32.6 Å². The molecule has 0 radical (unpaired) electrons. The van der Waals surface area contributed by atoms with Crippen molar-refractivity contribution < 1.29 is 0 Å². The molecule has 2 atom stereocenters. The molecule has 106 valence electrons. The summed E-state index contributed by atoms with van der Waals surface area (Å²) in [6.07, 6.45) is 5.39. The lowest BCUT2D eigenvalue weighted by Gasteiger charge is -2.29. The maximum Gasteiger partial charge on any atom is 0.0109 e. The molecule has 0 saturated heterocycles. The first-order valence-electron chi connectivity index (χ1n) is 7.74. The van der Waals surface area contributed by atoms with E-state index in [1.165, 1.54) is 41.4 Å². The van der Waals surface area contributed by atoms with Crippen LogP contribution in [0.4, 0.5) is 0 Å². The summed E-state index contributed by atoms with van der Waals surface area (Å²) in [4.78, 5) is 1.42. The average molecular weight is 285 g/mol. The standard InChI is InChI=1S/C18H23NS/c1-2-19-16-8-5-9-17(13-16)20-18-11-10-14-6-3-4-7-15(14)12-18/h3-4,6-7,10-12,16-17,19H,2,5,8-9,13H2,1H3. The molecule has 0 aliphatic heterocycles. The fraction of sp³-hybridized carbons (Fsp3) is 0.444. The van der Waals surface area contributed by atoms with E-state index in [1.807, 2.05) is 0 Å². The first-order valence-corrected chi connectivity index (χ1v) is 8.62. The van der Waals surface area contributed by atoms with Crippen LogP contribution in [-0.2, 0) is 0 Å². The SMILES string of the molecule is CCNC1CCCC(Sc2ccc3ccccc3c2)C1. The highest BCUT2D eigenvalue weighted by atomic mass is 32.2. The van der Waals surface area contributed by atoms with Gasteiger partial charge in [0, 0.05) is 16.2 Å². The van der Waals surface area contributed by atoms with Gasteiger partial charge in [0.25, 0.3) is 0 Å². The molecular formula is C18H23NS. The van der Waals surface area contributed by atoms with Gasteiger partial charge >= 0.3 is 0 Å². The topological polar surface area (TPSA) is 12.0 Å². The molecular weight excluding hydrogens is 262 g/mol. The van der Waals surface area contributed by atoms with E-state index in [9.17, 15) is 0 Å². The number of hydrogen-bond acceptors (Lipinski definition) is 2. The van der Waals surface area contributed by atoms with Gasteiger partial charge in [-0.1, -0.05) is 43.7 Å². The first kappa shape index (κ1) is 14.0. The summed E-state index contributed by atoms with van der Waals surface area (Å²) >= 11 is 2.07. The number of nitrogens with one attached hydrogen (secondary N) is 1. The highest BCUT2D eigenvalue weighted by Gasteiger charge is 2.21. The highest BCUT2D eigenvalue weighted by Crippen LogP contribution is 2.34. The zero-order valence-electron chi connectivity index (χ0n) is 12.1. The molecule has 1 aliphatic carbocycles. The molecule has 1 fully saturated rings. The number of fused-ring (bicyclic) bond motifs is 1. The van der Waals surface area contributed by atoms with E-state index in [0.29, 0.717) is 0 Å². The van der Waals surface area contributed by atoms with Gasteiger partial charge in [-0.15, -0.1) is 11.8 Å². The van der Waals surface area contributed by atoms with Crippen molar-refractivity contribution in [3.05, 3.63) is 42.5 Å². The number of hydrogen-bond donors (Lipinski definition) is 1. The van der Waals surface area contributed by atoms with Crippen LogP contribution in [0.3, 0.4) is 0 Å². The Morgan fingerprint density at radius 1 is 1.10 bits per heavy atom. The van der Waals surface area contributed by atoms with Gasteiger partial charge in [0.05, 0.1) is 0 Å². The summed E-state index contributed by atoms with van der Waals surface area (Å²) in [7, 11) is 0. The van der Waals surface area contributed by atoms with Crippen LogP contribution in [-0.4, -0.2) is 17.8 Å². The summed E-state index contributed by atoms with van der Waals surface area (Å²) in [6, 6.07) is 16.2. The second kappa shape index (κ2) is 6.64. The molecule has 1 saturated carbocycles. The summed E-state index contributed by atoms with van der Waals surface area (Å²) in [5.41, 5.74) is 0. The van der Waals surface area contributed by atoms with Gasteiger partial charge in [-0.05, 0) is 48.7 Å². The monoisotopic (exact) mass is 285 g/mol. The predicted molar refractivity (Wildman–Crippen MR) is 89.5 cm³/mol. The molecule has 2 aromatic rings. The molecule has 0 heterocycles. The molecule has 0 bridgehead atoms. The van der Waals surface area contributed by atoms with E-state index >= 15 is 0 Å². The van der Waals surface area contributed by atoms with Gasteiger partial charge in [-0.3, -0.25) is 0 Å². The van der Waals surface area contributed by atoms with Gasteiger partial charge in [-0.2, -0.15) is 0 Å². The van der Waals surface area contributed by atoms with Crippen LogP contribution in [0, 0.1) is 0 Å². The average Bonchev–Trinajstić information content (AvgIpc) is 2.48. The number of thioether (sulfide) groups is 1. The van der Waals surface area contributed by atoms with Crippen molar-refractivity contribution in [2.75, 3.05) is 6.54 Å². The number of benzene rings is 2. The van der Waals surface area contributed by atoms with Crippen molar-refractivity contribution in [3.63, 3.8) is 0 Å². The van der Waals surface area contributed by atoms with Crippen LogP contribution in [0.2, 0.25) is 0 Å². The maximum absolute atomic E-state index is 3.62. The zero-order chi connectivity index (χ0) is 13.8. The fourth-order valence-electron chi connectivity index (χ4n) is 3.16. The Kier molecular flexibility index (Phi) is 4.64. The normalized spacial score (nSPS) is 23.1. The minimum absolute atomic E-state index is 0.728. The Labute approximate surface area is 126 Å². The van der Waals surface area contributed by atoms with Crippen LogP contribution in [0.15, 0.2) is 47.4 Å². The fourth-order valence-corrected chi connectivity index (χ4v) is 4.50. The molecule has 2 heteroatoms. The lowest BCUT2D eigenvalue weighted by Crippen LogP contribution is -2.34. The Hall–Kier alpha value is -0.990. The van der Waals surface area contributed by atoms with Gasteiger partial charge in [0.2, 0.25) is 0 Å². The van der Waals surface area contributed by atoms with Crippen molar-refractivity contribution in [3.8, 4) is 0 Å². The van der Waals surface area contributed by atoms with E-state index in [-0.39, 0.29) is 0 Å². The van der Waals surface area contributed by atoms with Gasteiger partial charge < -0.3 is 5.32 Å². The van der Waals surface area contributed by atoms with Gasteiger partial charge in [0.1, 0.15) is 0 Å². The van der Waals surface area contributed by atoms with E-state index in [2.05, 4.69) is 66.5 Å². The van der Waals surface area contributed by atoms with Crippen molar-refractivity contribution in [1.29, 1.82) is 0 Å². The zero-order valence-corrected chi connectivity index (χ0v) is 13.0. The Morgan fingerprint density at radius 3 is 2.80 bits per heavy atom. The molecule has 1 nitrogen and oxygen atoms in total. The maximum atomic E-state index is 3.62. The molecule has 3 rings (SSSR count). The minimum Gasteiger partial charge on any atom is -0.314 e. The van der Waals surface area contributed by atoms with E-state index in [0.717, 1.165) is 17.8 Å². The summed E-state index contributed by atoms with van der Waals surface area (Å²) in [5.74, 6) is 0. The molecule has 20 heavy (non-hydrogen) atoms. The van der Waals surface area contributed by atoms with Crippen molar-refractivity contribution in [2.24, 2.45) is 0 Å². The third-order valence-corrected chi connectivity index (χ3v) is 5.43. The van der Waals surface area contributed by atoms with Crippen molar-refractivity contribution >= 4 is 22.5 Å². The smallest absolute Gasteiger partial charge is 0.0109 e. The molecule has 1 aliphatic rings. The minimum atomic E-state index is 0.728. The van der Waals surface area contributed by atoms with Crippen LogP contribution < -0.4 is 5.32 Å². The Bertz CT molecular complexity index is 564. The van der Waals surface area contributed by atoms with Gasteiger partial charge in [0.15, 0.2) is 0 Å². The molecule has 2 aromatic carbocycles. The van der Waals surface area contributed by atoms with Crippen LogP contribution >= 0.6 is 11.8 Å². The number of rotatable bonds is 4. The van der Waals surface area contributed by atoms with Crippen LogP contribution in [0.5, 0.6) is 0 Å². The second-order valence-electron chi connectivity index (χ2n) is 5.67. The lowest BCUT2D eigenvalue weighted by molar-refractivity contribution is 0.388. The first-order chi connectivity index (χ1) is 9.85. The summed E-state index contributed by atoms with van der Waals surface area (Å²) in [6.45, 7) is 3.30. The van der Waals surface area contributed by atoms with Crippen molar-refractivity contribution in [2.45, 2.75) is 48.8 Å². The van der Waals surface area contributed by atoms with E-state index in [1.54, 1.807) is 0 Å². The molecule has 1 N–H and O–H groups in total. The molecule has 0 spiro atoms. The Balaban J connectivity index is 1.69. The quantitative estimate of drug-likeness (QED) is 0.861. The molecule has 2 unspecified atom stereocenters. The van der Waals surface area contributed by atoms with E-state index < -0.39 is 0 Å². The van der Waals surface area contributed by atoms with Crippen molar-refractivity contribution in [1.82, 2.24) is 5.32 Å². The molecule has 0 amide bonds. The largest absolute Gasteiger partial charge is 0.314 e. The highest BCUT2D eigenvalue weighted by molar-refractivity contribution is 8.00. The second-order valence-corrected chi connectivity index (χ2v) is 7.04. The van der Waals surface area contributed by atoms with Crippen LogP contribution in [0.25, 0.3) is 10.8 Å². The third kappa shape index (κ3) is 3.36. The third-order valence-electron chi connectivity index (χ3n) is 4.14. The van der Waals surface area contributed by atoms with Gasteiger partial charge in [-0.25, -0.2) is 0 Å². The van der Waals surface area contributed by atoms with E-state index in [4.69, 9.17) is 0 Å². The predicted octanol–water partition coefficient (Wildman–Crippen LogP) is 4.85.